The van der Waals surface area contributed by atoms with Gasteiger partial charge in [-0.2, -0.15) is 4.72 Å². The van der Waals surface area contributed by atoms with E-state index in [9.17, 15) is 13.2 Å². The Hall–Kier alpha value is -1.90. The van der Waals surface area contributed by atoms with Crippen LogP contribution in [0.25, 0.3) is 21.9 Å². The second-order valence-electron chi connectivity index (χ2n) is 8.28. The van der Waals surface area contributed by atoms with Crippen LogP contribution in [0.4, 0.5) is 0 Å². The number of hydrogen-bond donors (Lipinski definition) is 1. The third kappa shape index (κ3) is 4.82. The van der Waals surface area contributed by atoms with Crippen LogP contribution in [0.3, 0.4) is 0 Å². The van der Waals surface area contributed by atoms with Gasteiger partial charge in [-0.05, 0) is 57.0 Å². The zero-order valence-electron chi connectivity index (χ0n) is 16.9. The largest absolute Gasteiger partial charge is 0.459 e. The Balaban J connectivity index is 1.96. The van der Waals surface area contributed by atoms with Crippen molar-refractivity contribution in [1.82, 2.24) is 4.72 Å². The molecule has 0 bridgehead atoms. The maximum absolute atomic E-state index is 13.0. The third-order valence-electron chi connectivity index (χ3n) is 4.32. The summed E-state index contributed by atoms with van der Waals surface area (Å²) in [6.07, 6.45) is 0. The molecular formula is C21H24BrNO5S. The van der Waals surface area contributed by atoms with E-state index in [0.29, 0.717) is 11.2 Å². The molecule has 29 heavy (non-hydrogen) atoms. The van der Waals surface area contributed by atoms with Crippen LogP contribution in [0.15, 0.2) is 50.2 Å². The van der Waals surface area contributed by atoms with Gasteiger partial charge in [-0.25, -0.2) is 8.42 Å². The molecule has 1 heterocycles. The number of ether oxygens (including phenoxy) is 1. The Morgan fingerprint density at radius 3 is 2.38 bits per heavy atom. The first-order valence-corrected chi connectivity index (χ1v) is 11.5. The van der Waals surface area contributed by atoms with Crippen molar-refractivity contribution in [2.45, 2.75) is 51.2 Å². The number of esters is 1. The minimum Gasteiger partial charge on any atom is -0.459 e. The molecule has 1 aromatic heterocycles. The Kier molecular flexibility index (Phi) is 5.82. The SMILES string of the molecule is CC(C)[C@H](NS(=O)(=O)c1ccc2c(c1)oc1ccc(Br)cc12)C(=O)OC(C)(C)C. The topological polar surface area (TPSA) is 85.6 Å². The summed E-state index contributed by atoms with van der Waals surface area (Å²) in [5, 5.41) is 1.70. The fourth-order valence-electron chi connectivity index (χ4n) is 2.95. The lowest BCUT2D eigenvalue weighted by Crippen LogP contribution is -2.47. The van der Waals surface area contributed by atoms with E-state index in [1.807, 2.05) is 18.2 Å². The highest BCUT2D eigenvalue weighted by Crippen LogP contribution is 2.32. The molecule has 156 valence electrons. The van der Waals surface area contributed by atoms with Crippen molar-refractivity contribution in [1.29, 1.82) is 0 Å². The maximum atomic E-state index is 13.0. The molecule has 1 N–H and O–H groups in total. The molecule has 0 spiro atoms. The molecular weight excluding hydrogens is 458 g/mol. The number of furan rings is 1. The van der Waals surface area contributed by atoms with Gasteiger partial charge in [0.1, 0.15) is 22.8 Å². The lowest BCUT2D eigenvalue weighted by atomic mass is 10.1. The molecule has 3 aromatic rings. The molecule has 0 unspecified atom stereocenters. The molecule has 0 saturated carbocycles. The van der Waals surface area contributed by atoms with Crippen LogP contribution in [0.1, 0.15) is 34.6 Å². The van der Waals surface area contributed by atoms with Gasteiger partial charge in [-0.1, -0.05) is 29.8 Å². The van der Waals surface area contributed by atoms with Crippen molar-refractivity contribution in [2.75, 3.05) is 0 Å². The minimum atomic E-state index is -3.96. The van der Waals surface area contributed by atoms with Crippen molar-refractivity contribution in [3.8, 4) is 0 Å². The second-order valence-corrected chi connectivity index (χ2v) is 10.9. The number of carbonyl (C=O) groups is 1. The van der Waals surface area contributed by atoms with Gasteiger partial charge in [-0.3, -0.25) is 4.79 Å². The van der Waals surface area contributed by atoms with Gasteiger partial charge in [0, 0.05) is 21.3 Å². The molecule has 0 aliphatic carbocycles. The Morgan fingerprint density at radius 1 is 1.07 bits per heavy atom. The first-order valence-electron chi connectivity index (χ1n) is 9.24. The van der Waals surface area contributed by atoms with Crippen LogP contribution in [0.2, 0.25) is 0 Å². The molecule has 0 aliphatic heterocycles. The summed E-state index contributed by atoms with van der Waals surface area (Å²) in [7, 11) is -3.96. The molecule has 2 aromatic carbocycles. The van der Waals surface area contributed by atoms with E-state index in [4.69, 9.17) is 9.15 Å². The minimum absolute atomic E-state index is 0.0253. The molecule has 0 saturated heterocycles. The molecule has 1 atom stereocenters. The van der Waals surface area contributed by atoms with Crippen LogP contribution in [-0.2, 0) is 19.6 Å². The normalized spacial score (nSPS) is 13.9. The van der Waals surface area contributed by atoms with Crippen molar-refractivity contribution in [3.05, 3.63) is 40.9 Å². The monoisotopic (exact) mass is 481 g/mol. The number of fused-ring (bicyclic) bond motifs is 3. The average molecular weight is 482 g/mol. The summed E-state index contributed by atoms with van der Waals surface area (Å²) in [6.45, 7) is 8.74. The smallest absolute Gasteiger partial charge is 0.324 e. The number of halogens is 1. The molecule has 3 rings (SSSR count). The van der Waals surface area contributed by atoms with E-state index in [-0.39, 0.29) is 10.8 Å². The van der Waals surface area contributed by atoms with Crippen molar-refractivity contribution in [3.63, 3.8) is 0 Å². The number of rotatable bonds is 5. The first-order chi connectivity index (χ1) is 13.4. The van der Waals surface area contributed by atoms with E-state index in [2.05, 4.69) is 20.7 Å². The van der Waals surface area contributed by atoms with E-state index < -0.39 is 27.6 Å². The highest BCUT2D eigenvalue weighted by molar-refractivity contribution is 9.10. The van der Waals surface area contributed by atoms with Crippen LogP contribution >= 0.6 is 15.9 Å². The summed E-state index contributed by atoms with van der Waals surface area (Å²) < 4.78 is 40.5. The Labute approximate surface area is 178 Å². The molecule has 6 nitrogen and oxygen atoms in total. The van der Waals surface area contributed by atoms with Crippen LogP contribution in [0, 0.1) is 5.92 Å². The summed E-state index contributed by atoms with van der Waals surface area (Å²) in [4.78, 5) is 12.5. The van der Waals surface area contributed by atoms with Gasteiger partial charge in [0.05, 0.1) is 4.90 Å². The average Bonchev–Trinajstić information content (AvgIpc) is 2.95. The zero-order chi connectivity index (χ0) is 21.6. The summed E-state index contributed by atoms with van der Waals surface area (Å²) >= 11 is 3.43. The van der Waals surface area contributed by atoms with Gasteiger partial charge in [0.15, 0.2) is 0 Å². The molecule has 0 amide bonds. The van der Waals surface area contributed by atoms with Crippen LogP contribution < -0.4 is 4.72 Å². The number of nitrogens with one attached hydrogen (secondary N) is 1. The number of carbonyl (C=O) groups excluding carboxylic acids is 1. The highest BCUT2D eigenvalue weighted by atomic mass is 79.9. The molecule has 0 fully saturated rings. The standard InChI is InChI=1S/C21H24BrNO5S/c1-12(2)19(20(24)28-21(3,4)5)23-29(25,26)14-7-8-15-16-10-13(22)6-9-17(16)27-18(15)11-14/h6-12,19,23H,1-5H3/t19-/m0/s1. The first kappa shape index (κ1) is 21.8. The van der Waals surface area contributed by atoms with Gasteiger partial charge < -0.3 is 9.15 Å². The summed E-state index contributed by atoms with van der Waals surface area (Å²) in [5.41, 5.74) is 0.413. The summed E-state index contributed by atoms with van der Waals surface area (Å²) in [5.74, 6) is -0.891. The zero-order valence-corrected chi connectivity index (χ0v) is 19.3. The second kappa shape index (κ2) is 7.74. The maximum Gasteiger partial charge on any atom is 0.324 e. The number of sulfonamides is 1. The lowest BCUT2D eigenvalue weighted by Gasteiger charge is -2.26. The van der Waals surface area contributed by atoms with Crippen molar-refractivity contribution < 1.29 is 22.4 Å². The van der Waals surface area contributed by atoms with Gasteiger partial charge >= 0.3 is 5.97 Å². The fraction of sp³-hybridized carbons (Fsp3) is 0.381. The summed E-state index contributed by atoms with van der Waals surface area (Å²) in [6, 6.07) is 9.29. The molecule has 0 radical (unpaired) electrons. The number of benzene rings is 2. The van der Waals surface area contributed by atoms with Crippen LogP contribution in [-0.4, -0.2) is 26.0 Å². The highest BCUT2D eigenvalue weighted by Gasteiger charge is 2.32. The van der Waals surface area contributed by atoms with E-state index in [1.165, 1.54) is 12.1 Å². The molecule has 8 heteroatoms. The van der Waals surface area contributed by atoms with Crippen LogP contribution in [0.5, 0.6) is 0 Å². The van der Waals surface area contributed by atoms with E-state index in [0.717, 1.165) is 15.2 Å². The molecule has 0 aliphatic rings. The van der Waals surface area contributed by atoms with Gasteiger partial charge in [-0.15, -0.1) is 0 Å². The van der Waals surface area contributed by atoms with Crippen molar-refractivity contribution >= 4 is 53.9 Å². The fourth-order valence-corrected chi connectivity index (χ4v) is 4.66. The third-order valence-corrected chi connectivity index (χ3v) is 6.26. The van der Waals surface area contributed by atoms with Gasteiger partial charge in [0.25, 0.3) is 0 Å². The number of hydrogen-bond acceptors (Lipinski definition) is 5. The van der Waals surface area contributed by atoms with E-state index >= 15 is 0 Å². The quantitative estimate of drug-likeness (QED) is 0.518. The lowest BCUT2D eigenvalue weighted by molar-refractivity contribution is -0.158. The Morgan fingerprint density at radius 2 is 1.76 bits per heavy atom. The Bertz CT molecular complexity index is 1170. The van der Waals surface area contributed by atoms with Crippen molar-refractivity contribution in [2.24, 2.45) is 5.92 Å². The predicted octanol–water partition coefficient (Wildman–Crippen LogP) is 4.99. The predicted molar refractivity (Wildman–Crippen MR) is 116 cm³/mol. The van der Waals surface area contributed by atoms with E-state index in [1.54, 1.807) is 40.7 Å². The van der Waals surface area contributed by atoms with Gasteiger partial charge in [0.2, 0.25) is 10.0 Å².